The zero-order valence-electron chi connectivity index (χ0n) is 14.7. The highest BCUT2D eigenvalue weighted by Gasteiger charge is 2.27. The largest absolute Gasteiger partial charge is 0.496 e. The van der Waals surface area contributed by atoms with Crippen LogP contribution >= 0.6 is 23.2 Å². The van der Waals surface area contributed by atoms with Crippen molar-refractivity contribution in [1.29, 1.82) is 0 Å². The number of hydrogen-bond donors (Lipinski definition) is 0. The van der Waals surface area contributed by atoms with Gasteiger partial charge in [0.25, 0.3) is 0 Å². The molecule has 0 amide bonds. The Morgan fingerprint density at radius 2 is 1.67 bits per heavy atom. The summed E-state index contributed by atoms with van der Waals surface area (Å²) < 4.78 is 21.2. The van der Waals surface area contributed by atoms with Crippen molar-refractivity contribution in [2.75, 3.05) is 21.3 Å². The van der Waals surface area contributed by atoms with E-state index in [4.69, 9.17) is 42.1 Å². The van der Waals surface area contributed by atoms with Crippen LogP contribution < -0.4 is 14.2 Å². The Bertz CT molecular complexity index is 969. The highest BCUT2D eigenvalue weighted by molar-refractivity contribution is 6.44. The lowest BCUT2D eigenvalue weighted by molar-refractivity contribution is -0.129. The monoisotopic (exact) mass is 407 g/mol. The molecule has 3 rings (SSSR count). The molecule has 1 aliphatic rings. The zero-order chi connectivity index (χ0) is 19.6. The van der Waals surface area contributed by atoms with Gasteiger partial charge in [-0.25, -0.2) is 9.79 Å². The predicted octanol–water partition coefficient (Wildman–Crippen LogP) is 4.36. The molecular weight excluding hydrogens is 393 g/mol. The van der Waals surface area contributed by atoms with E-state index in [1.54, 1.807) is 30.3 Å². The number of esters is 1. The number of carbonyl (C=O) groups is 1. The summed E-state index contributed by atoms with van der Waals surface area (Å²) in [7, 11) is 4.55. The van der Waals surface area contributed by atoms with Crippen LogP contribution in [-0.4, -0.2) is 33.2 Å². The lowest BCUT2D eigenvalue weighted by Crippen LogP contribution is -2.06. The van der Waals surface area contributed by atoms with Gasteiger partial charge >= 0.3 is 5.97 Å². The summed E-state index contributed by atoms with van der Waals surface area (Å²) in [6.45, 7) is 0. The Labute approximate surface area is 165 Å². The topological polar surface area (TPSA) is 66.3 Å². The van der Waals surface area contributed by atoms with E-state index in [-0.39, 0.29) is 16.6 Å². The minimum absolute atomic E-state index is 0.0817. The van der Waals surface area contributed by atoms with Gasteiger partial charge in [0, 0.05) is 11.6 Å². The van der Waals surface area contributed by atoms with E-state index in [1.807, 2.05) is 0 Å². The van der Waals surface area contributed by atoms with Crippen molar-refractivity contribution in [3.8, 4) is 17.2 Å². The van der Waals surface area contributed by atoms with Crippen molar-refractivity contribution in [2.45, 2.75) is 0 Å². The zero-order valence-corrected chi connectivity index (χ0v) is 16.2. The smallest absolute Gasteiger partial charge is 0.363 e. The van der Waals surface area contributed by atoms with E-state index in [9.17, 15) is 4.79 Å². The molecule has 2 aromatic carbocycles. The fraction of sp³-hybridized carbons (Fsp3) is 0.158. The van der Waals surface area contributed by atoms with Crippen LogP contribution in [0.1, 0.15) is 11.1 Å². The lowest BCUT2D eigenvalue weighted by Gasteiger charge is -2.12. The van der Waals surface area contributed by atoms with Crippen LogP contribution in [-0.2, 0) is 9.53 Å². The van der Waals surface area contributed by atoms with Crippen LogP contribution in [0.4, 0.5) is 0 Å². The van der Waals surface area contributed by atoms with Crippen LogP contribution in [0, 0.1) is 0 Å². The van der Waals surface area contributed by atoms with E-state index < -0.39 is 5.97 Å². The first-order chi connectivity index (χ1) is 13.0. The third kappa shape index (κ3) is 3.72. The van der Waals surface area contributed by atoms with Gasteiger partial charge in [-0.2, -0.15) is 0 Å². The Morgan fingerprint density at radius 1 is 1.00 bits per heavy atom. The average molecular weight is 408 g/mol. The minimum Gasteiger partial charge on any atom is -0.496 e. The first-order valence-electron chi connectivity index (χ1n) is 7.75. The molecule has 140 valence electrons. The molecule has 8 heteroatoms. The second-order valence-electron chi connectivity index (χ2n) is 5.39. The third-order valence-corrected chi connectivity index (χ3v) is 4.65. The number of halogens is 2. The van der Waals surface area contributed by atoms with Crippen LogP contribution in [0.3, 0.4) is 0 Å². The molecule has 6 nitrogen and oxygen atoms in total. The van der Waals surface area contributed by atoms with Crippen LogP contribution in [0.15, 0.2) is 41.0 Å². The molecule has 0 bridgehead atoms. The number of aliphatic imine (C=N–C) groups is 1. The molecule has 0 atom stereocenters. The van der Waals surface area contributed by atoms with E-state index in [0.717, 1.165) is 0 Å². The normalized spacial score (nSPS) is 14.8. The quantitative estimate of drug-likeness (QED) is 0.543. The van der Waals surface area contributed by atoms with Gasteiger partial charge in [-0.1, -0.05) is 29.3 Å². The third-order valence-electron chi connectivity index (χ3n) is 3.83. The van der Waals surface area contributed by atoms with Crippen molar-refractivity contribution >= 4 is 41.1 Å². The summed E-state index contributed by atoms with van der Waals surface area (Å²) in [5.74, 6) is 0.937. The SMILES string of the molecule is COc1cc(OC)c(OC)cc1/C=C1/N=C(c2cccc(Cl)c2Cl)OC1=O. The summed E-state index contributed by atoms with van der Waals surface area (Å²) in [6, 6.07) is 8.33. The molecule has 0 spiro atoms. The second kappa shape index (κ2) is 7.90. The molecule has 27 heavy (non-hydrogen) atoms. The Kier molecular flexibility index (Phi) is 5.58. The van der Waals surface area contributed by atoms with Crippen molar-refractivity contribution in [3.05, 3.63) is 57.2 Å². The number of hydrogen-bond acceptors (Lipinski definition) is 6. The molecule has 0 aliphatic carbocycles. The molecule has 0 unspecified atom stereocenters. The van der Waals surface area contributed by atoms with E-state index in [1.165, 1.54) is 27.4 Å². The fourth-order valence-electron chi connectivity index (χ4n) is 2.51. The maximum absolute atomic E-state index is 12.3. The highest BCUT2D eigenvalue weighted by atomic mass is 35.5. The molecule has 1 aliphatic heterocycles. The number of carbonyl (C=O) groups excluding carboxylic acids is 1. The minimum atomic E-state index is -0.613. The van der Waals surface area contributed by atoms with Crippen LogP contribution in [0.5, 0.6) is 17.2 Å². The van der Waals surface area contributed by atoms with Gasteiger partial charge in [0.2, 0.25) is 5.90 Å². The van der Waals surface area contributed by atoms with Gasteiger partial charge in [0.1, 0.15) is 5.75 Å². The molecule has 0 fully saturated rings. The standard InChI is InChI=1S/C19H15Cl2NO5/c1-24-14-9-16(26-3)15(25-2)8-10(14)7-13-19(23)27-18(22-13)11-5-4-6-12(20)17(11)21/h4-9H,1-3H3/b13-7+. The summed E-state index contributed by atoms with van der Waals surface area (Å²) in [5.41, 5.74) is 1.09. The molecule has 0 aromatic heterocycles. The number of ether oxygens (including phenoxy) is 4. The van der Waals surface area contributed by atoms with E-state index >= 15 is 0 Å². The highest BCUT2D eigenvalue weighted by Crippen LogP contribution is 2.36. The molecule has 2 aromatic rings. The Morgan fingerprint density at radius 3 is 2.33 bits per heavy atom. The Balaban J connectivity index is 2.06. The van der Waals surface area contributed by atoms with Gasteiger partial charge in [-0.15, -0.1) is 0 Å². The van der Waals surface area contributed by atoms with Crippen LogP contribution in [0.25, 0.3) is 6.08 Å². The number of nitrogens with zero attached hydrogens (tertiary/aromatic N) is 1. The van der Waals surface area contributed by atoms with Crippen LogP contribution in [0.2, 0.25) is 10.0 Å². The number of cyclic esters (lactones) is 1. The fourth-order valence-corrected chi connectivity index (χ4v) is 2.89. The number of benzene rings is 2. The molecule has 0 N–H and O–H groups in total. The van der Waals surface area contributed by atoms with E-state index in [0.29, 0.717) is 33.4 Å². The van der Waals surface area contributed by atoms with E-state index in [2.05, 4.69) is 4.99 Å². The molecule has 0 radical (unpaired) electrons. The first kappa shape index (κ1) is 19.1. The molecule has 0 saturated heterocycles. The summed E-state index contributed by atoms with van der Waals surface area (Å²) >= 11 is 12.2. The molecule has 1 heterocycles. The van der Waals surface area contributed by atoms with Gasteiger partial charge in [0.05, 0.1) is 36.9 Å². The average Bonchev–Trinajstić information content (AvgIpc) is 3.03. The summed E-state index contributed by atoms with van der Waals surface area (Å²) in [4.78, 5) is 16.5. The molecule has 0 saturated carbocycles. The predicted molar refractivity (Wildman–Crippen MR) is 103 cm³/mol. The van der Waals surface area contributed by atoms with Crippen molar-refractivity contribution in [2.24, 2.45) is 4.99 Å². The van der Waals surface area contributed by atoms with Crippen molar-refractivity contribution in [1.82, 2.24) is 0 Å². The lowest BCUT2D eigenvalue weighted by atomic mass is 10.1. The van der Waals surface area contributed by atoms with Gasteiger partial charge in [-0.05, 0) is 24.3 Å². The van der Waals surface area contributed by atoms with Gasteiger partial charge in [-0.3, -0.25) is 0 Å². The second-order valence-corrected chi connectivity index (χ2v) is 6.17. The molecular formula is C19H15Cl2NO5. The maximum atomic E-state index is 12.3. The van der Waals surface area contributed by atoms with Crippen molar-refractivity contribution in [3.63, 3.8) is 0 Å². The van der Waals surface area contributed by atoms with Gasteiger partial charge in [0.15, 0.2) is 17.2 Å². The van der Waals surface area contributed by atoms with Gasteiger partial charge < -0.3 is 18.9 Å². The number of rotatable bonds is 5. The summed E-state index contributed by atoms with van der Waals surface area (Å²) in [6.07, 6.45) is 1.54. The summed E-state index contributed by atoms with van der Waals surface area (Å²) in [5, 5.41) is 0.600. The maximum Gasteiger partial charge on any atom is 0.363 e. The first-order valence-corrected chi connectivity index (χ1v) is 8.51. The Hall–Kier alpha value is -2.70. The van der Waals surface area contributed by atoms with Crippen molar-refractivity contribution < 1.29 is 23.7 Å². The number of methoxy groups -OCH3 is 3.